The SMILES string of the molecule is CCNCc1cccc(OCc2ccc(C)c(C)c2)c1. The number of hydrogen-bond donors (Lipinski definition) is 1. The Hall–Kier alpha value is -1.80. The maximum absolute atomic E-state index is 5.88. The van der Waals surface area contributed by atoms with Gasteiger partial charge in [0, 0.05) is 6.54 Å². The maximum Gasteiger partial charge on any atom is 0.120 e. The zero-order valence-corrected chi connectivity index (χ0v) is 12.6. The average Bonchev–Trinajstić information content (AvgIpc) is 2.47. The van der Waals surface area contributed by atoms with E-state index in [0.29, 0.717) is 6.61 Å². The zero-order valence-electron chi connectivity index (χ0n) is 12.6. The minimum atomic E-state index is 0.617. The van der Waals surface area contributed by atoms with Gasteiger partial charge in [-0.1, -0.05) is 37.3 Å². The fourth-order valence-electron chi connectivity index (χ4n) is 2.07. The van der Waals surface area contributed by atoms with E-state index in [-0.39, 0.29) is 0 Å². The van der Waals surface area contributed by atoms with Crippen molar-refractivity contribution in [3.8, 4) is 5.75 Å². The molecular formula is C18H23NO. The molecule has 1 N–H and O–H groups in total. The van der Waals surface area contributed by atoms with Crippen molar-refractivity contribution < 1.29 is 4.74 Å². The van der Waals surface area contributed by atoms with Crippen LogP contribution in [0.15, 0.2) is 42.5 Å². The van der Waals surface area contributed by atoms with Crippen LogP contribution in [0.25, 0.3) is 0 Å². The third-order valence-electron chi connectivity index (χ3n) is 3.45. The first-order valence-corrected chi connectivity index (χ1v) is 7.17. The van der Waals surface area contributed by atoms with Gasteiger partial charge in [-0.25, -0.2) is 0 Å². The van der Waals surface area contributed by atoms with Gasteiger partial charge in [-0.2, -0.15) is 0 Å². The molecule has 0 aliphatic heterocycles. The molecule has 0 spiro atoms. The lowest BCUT2D eigenvalue weighted by Gasteiger charge is -2.10. The van der Waals surface area contributed by atoms with Crippen molar-refractivity contribution in [1.82, 2.24) is 5.32 Å². The van der Waals surface area contributed by atoms with Gasteiger partial charge in [-0.3, -0.25) is 0 Å². The Morgan fingerprint density at radius 1 is 0.950 bits per heavy atom. The largest absolute Gasteiger partial charge is 0.489 e. The maximum atomic E-state index is 5.88. The van der Waals surface area contributed by atoms with Gasteiger partial charge in [0.2, 0.25) is 0 Å². The Morgan fingerprint density at radius 3 is 2.55 bits per heavy atom. The summed E-state index contributed by atoms with van der Waals surface area (Å²) in [5, 5.41) is 3.32. The van der Waals surface area contributed by atoms with Crippen LogP contribution in [0.3, 0.4) is 0 Å². The molecule has 0 saturated heterocycles. The molecule has 0 aromatic heterocycles. The second-order valence-corrected chi connectivity index (χ2v) is 5.14. The fourth-order valence-corrected chi connectivity index (χ4v) is 2.07. The van der Waals surface area contributed by atoms with E-state index in [0.717, 1.165) is 18.8 Å². The highest BCUT2D eigenvalue weighted by Gasteiger charge is 2.00. The topological polar surface area (TPSA) is 21.3 Å². The van der Waals surface area contributed by atoms with Gasteiger partial charge in [0.05, 0.1) is 0 Å². The Balaban J connectivity index is 1.97. The highest BCUT2D eigenvalue weighted by Crippen LogP contribution is 2.16. The van der Waals surface area contributed by atoms with Crippen molar-refractivity contribution in [2.45, 2.75) is 33.9 Å². The molecule has 2 heteroatoms. The van der Waals surface area contributed by atoms with E-state index < -0.39 is 0 Å². The number of rotatable bonds is 6. The highest BCUT2D eigenvalue weighted by molar-refractivity contribution is 5.31. The number of ether oxygens (including phenoxy) is 1. The second-order valence-electron chi connectivity index (χ2n) is 5.14. The number of nitrogens with one attached hydrogen (secondary N) is 1. The lowest BCUT2D eigenvalue weighted by atomic mass is 10.1. The van der Waals surface area contributed by atoms with E-state index in [1.807, 2.05) is 12.1 Å². The van der Waals surface area contributed by atoms with Crippen molar-refractivity contribution in [2.75, 3.05) is 6.54 Å². The van der Waals surface area contributed by atoms with Crippen LogP contribution in [0.5, 0.6) is 5.75 Å². The minimum absolute atomic E-state index is 0.617. The summed E-state index contributed by atoms with van der Waals surface area (Å²) < 4.78 is 5.88. The summed E-state index contributed by atoms with van der Waals surface area (Å²) in [7, 11) is 0. The summed E-state index contributed by atoms with van der Waals surface area (Å²) in [5.74, 6) is 0.929. The molecule has 0 atom stereocenters. The van der Waals surface area contributed by atoms with Crippen molar-refractivity contribution in [2.24, 2.45) is 0 Å². The van der Waals surface area contributed by atoms with Gasteiger partial charge in [0.25, 0.3) is 0 Å². The lowest BCUT2D eigenvalue weighted by Crippen LogP contribution is -2.11. The molecule has 0 unspecified atom stereocenters. The molecule has 106 valence electrons. The first kappa shape index (κ1) is 14.6. The predicted octanol–water partition coefficient (Wildman–Crippen LogP) is 3.99. The van der Waals surface area contributed by atoms with Crippen molar-refractivity contribution in [3.63, 3.8) is 0 Å². The Labute approximate surface area is 121 Å². The molecule has 0 aliphatic rings. The van der Waals surface area contributed by atoms with E-state index >= 15 is 0 Å². The average molecular weight is 269 g/mol. The second kappa shape index (κ2) is 7.11. The monoisotopic (exact) mass is 269 g/mol. The zero-order chi connectivity index (χ0) is 14.4. The summed E-state index contributed by atoms with van der Waals surface area (Å²) in [6.07, 6.45) is 0. The summed E-state index contributed by atoms with van der Waals surface area (Å²) in [5.41, 5.74) is 5.10. The van der Waals surface area contributed by atoms with Crippen LogP contribution >= 0.6 is 0 Å². The van der Waals surface area contributed by atoms with Crippen LogP contribution in [-0.4, -0.2) is 6.54 Å². The van der Waals surface area contributed by atoms with E-state index in [2.05, 4.69) is 56.4 Å². The van der Waals surface area contributed by atoms with E-state index in [9.17, 15) is 0 Å². The fraction of sp³-hybridized carbons (Fsp3) is 0.333. The standard InChI is InChI=1S/C18H23NO/c1-4-19-12-16-6-5-7-18(11-16)20-13-17-9-8-14(2)15(3)10-17/h5-11,19H,4,12-13H2,1-3H3. The summed E-state index contributed by atoms with van der Waals surface area (Å²) in [6, 6.07) is 14.7. The first-order chi connectivity index (χ1) is 9.69. The molecule has 0 bridgehead atoms. The van der Waals surface area contributed by atoms with E-state index in [4.69, 9.17) is 4.74 Å². The van der Waals surface area contributed by atoms with Crippen LogP contribution in [-0.2, 0) is 13.2 Å². The number of hydrogen-bond acceptors (Lipinski definition) is 2. The van der Waals surface area contributed by atoms with Crippen molar-refractivity contribution in [1.29, 1.82) is 0 Å². The third kappa shape index (κ3) is 4.10. The molecule has 0 radical (unpaired) electrons. The van der Waals surface area contributed by atoms with Gasteiger partial charge in [-0.05, 0) is 54.8 Å². The van der Waals surface area contributed by atoms with Gasteiger partial charge in [0.1, 0.15) is 12.4 Å². The summed E-state index contributed by atoms with van der Waals surface area (Å²) >= 11 is 0. The molecular weight excluding hydrogens is 246 g/mol. The Morgan fingerprint density at radius 2 is 1.80 bits per heavy atom. The van der Waals surface area contributed by atoms with Crippen molar-refractivity contribution >= 4 is 0 Å². The highest BCUT2D eigenvalue weighted by atomic mass is 16.5. The van der Waals surface area contributed by atoms with Gasteiger partial charge in [-0.15, -0.1) is 0 Å². The van der Waals surface area contributed by atoms with Crippen LogP contribution in [0.1, 0.15) is 29.2 Å². The molecule has 0 heterocycles. The molecule has 20 heavy (non-hydrogen) atoms. The smallest absolute Gasteiger partial charge is 0.120 e. The van der Waals surface area contributed by atoms with E-state index in [1.165, 1.54) is 22.3 Å². The molecule has 0 amide bonds. The van der Waals surface area contributed by atoms with Gasteiger partial charge in [0.15, 0.2) is 0 Å². The summed E-state index contributed by atoms with van der Waals surface area (Å²) in [6.45, 7) is 8.86. The molecule has 2 nitrogen and oxygen atoms in total. The first-order valence-electron chi connectivity index (χ1n) is 7.17. The Kier molecular flexibility index (Phi) is 5.19. The number of aryl methyl sites for hydroxylation is 2. The normalized spacial score (nSPS) is 10.6. The summed E-state index contributed by atoms with van der Waals surface area (Å²) in [4.78, 5) is 0. The third-order valence-corrected chi connectivity index (χ3v) is 3.45. The molecule has 0 saturated carbocycles. The Bertz CT molecular complexity index is 563. The lowest BCUT2D eigenvalue weighted by molar-refractivity contribution is 0.306. The predicted molar refractivity (Wildman–Crippen MR) is 84.1 cm³/mol. The molecule has 2 aromatic rings. The molecule has 0 fully saturated rings. The van der Waals surface area contributed by atoms with Crippen LogP contribution in [0, 0.1) is 13.8 Å². The van der Waals surface area contributed by atoms with Gasteiger partial charge < -0.3 is 10.1 Å². The minimum Gasteiger partial charge on any atom is -0.489 e. The van der Waals surface area contributed by atoms with Crippen LogP contribution in [0.4, 0.5) is 0 Å². The quantitative estimate of drug-likeness (QED) is 0.856. The number of benzene rings is 2. The molecule has 2 rings (SSSR count). The van der Waals surface area contributed by atoms with Gasteiger partial charge >= 0.3 is 0 Å². The van der Waals surface area contributed by atoms with Crippen LogP contribution in [0.2, 0.25) is 0 Å². The van der Waals surface area contributed by atoms with E-state index in [1.54, 1.807) is 0 Å². The molecule has 0 aliphatic carbocycles. The van der Waals surface area contributed by atoms with Crippen LogP contribution < -0.4 is 10.1 Å². The van der Waals surface area contributed by atoms with Crippen molar-refractivity contribution in [3.05, 3.63) is 64.7 Å². The molecule has 2 aromatic carbocycles.